The maximum Gasteiger partial charge on any atom is 0.171 e. The van der Waals surface area contributed by atoms with Crippen LogP contribution in [0.25, 0.3) is 0 Å². The Morgan fingerprint density at radius 2 is 0.444 bits per heavy atom. The van der Waals surface area contributed by atoms with E-state index in [1.54, 1.807) is 0 Å². The Morgan fingerprint density at radius 3 is 0.500 bits per heavy atom. The number of hydrogen-bond acceptors (Lipinski definition) is 12. The molecule has 1 rings (SSSR count). The van der Waals surface area contributed by atoms with E-state index in [2.05, 4.69) is 31.1 Å². The highest BCUT2D eigenvalue weighted by molar-refractivity contribution is 6.00. The van der Waals surface area contributed by atoms with Crippen LogP contribution in [0.1, 0.15) is 0 Å². The lowest BCUT2D eigenvalue weighted by Gasteiger charge is -2.03. The second kappa shape index (κ2) is 5.24. The molecule has 0 spiro atoms. The topological polar surface area (TPSA) is 177 Å². The van der Waals surface area contributed by atoms with Crippen LogP contribution in [0.2, 0.25) is 0 Å². The third kappa shape index (κ3) is 1.66. The third-order valence-electron chi connectivity index (χ3n) is 1.89. The summed E-state index contributed by atoms with van der Waals surface area (Å²) in [6.45, 7) is 0. The molecule has 0 aliphatic carbocycles. The van der Waals surface area contributed by atoms with E-state index in [0.717, 1.165) is 0 Å². The lowest BCUT2D eigenvalue weighted by Crippen LogP contribution is -1.77. The first-order chi connectivity index (χ1) is 8.69. The normalized spacial score (nSPS) is 9.33. The Kier molecular flexibility index (Phi) is 3.75. The molecule has 0 fully saturated rings. The number of nitrogens with zero attached hydrogens (tertiary/aromatic N) is 6. The summed E-state index contributed by atoms with van der Waals surface area (Å²) in [5.41, 5.74) is -6.10. The fraction of sp³-hybridized carbons (Fsp3) is 0. The van der Waals surface area contributed by atoms with Gasteiger partial charge in [-0.15, -0.1) is 29.4 Å². The maximum atomic E-state index is 10.5. The molecule has 90 valence electrons. The van der Waals surface area contributed by atoms with Gasteiger partial charge in [0.2, 0.25) is 0 Å². The Morgan fingerprint density at radius 1 is 0.333 bits per heavy atom. The van der Waals surface area contributed by atoms with Gasteiger partial charge in [-0.3, -0.25) is 0 Å². The van der Waals surface area contributed by atoms with Crippen LogP contribution in [0.15, 0.2) is 31.1 Å². The Hall–Kier alpha value is -3.18. The van der Waals surface area contributed by atoms with Crippen molar-refractivity contribution in [2.75, 3.05) is 0 Å². The molecule has 0 aliphatic heterocycles. The highest BCUT2D eigenvalue weighted by Crippen LogP contribution is 2.56. The monoisotopic (exact) mass is 252 g/mol. The van der Waals surface area contributed by atoms with E-state index in [-0.39, 0.29) is 0 Å². The molecule has 0 radical (unpaired) electrons. The van der Waals surface area contributed by atoms with E-state index in [1.165, 1.54) is 0 Å². The van der Waals surface area contributed by atoms with Gasteiger partial charge in [0, 0.05) is 0 Å². The fourth-order valence-corrected chi connectivity index (χ4v) is 1.19. The van der Waals surface area contributed by atoms with Gasteiger partial charge in [0.05, 0.1) is 0 Å². The molecular formula is C6N6O6. The van der Waals surface area contributed by atoms with Crippen molar-refractivity contribution < 1.29 is 0 Å². The number of benzene rings is 1. The lowest BCUT2D eigenvalue weighted by molar-refractivity contribution is 1.30. The highest BCUT2D eigenvalue weighted by atomic mass is 16.3. The molecule has 0 heterocycles. The molecule has 0 bridgehead atoms. The first-order valence-electron chi connectivity index (χ1n) is 3.94. The Labute approximate surface area is 95.6 Å². The minimum Gasteiger partial charge on any atom is -0.145 e. The number of hydrogen-bond donors (Lipinski definition) is 0. The summed E-state index contributed by atoms with van der Waals surface area (Å²) in [5.74, 6) is 0. The molecule has 18 heavy (non-hydrogen) atoms. The van der Waals surface area contributed by atoms with E-state index < -0.39 is 34.1 Å². The van der Waals surface area contributed by atoms with Crippen LogP contribution in [0, 0.1) is 29.4 Å². The van der Waals surface area contributed by atoms with Crippen LogP contribution >= 0.6 is 0 Å². The minimum atomic E-state index is -1.02. The molecular weight excluding hydrogens is 252 g/mol. The molecule has 0 atom stereocenters. The zero-order valence-electron chi connectivity index (χ0n) is 8.13. The Balaban J connectivity index is 4.07. The first-order valence-corrected chi connectivity index (χ1v) is 3.94. The zero-order valence-corrected chi connectivity index (χ0v) is 8.13. The van der Waals surface area contributed by atoms with E-state index in [4.69, 9.17) is 0 Å². The van der Waals surface area contributed by atoms with Gasteiger partial charge >= 0.3 is 0 Å². The van der Waals surface area contributed by atoms with Gasteiger partial charge in [0.15, 0.2) is 34.1 Å². The fourth-order valence-electron chi connectivity index (χ4n) is 1.19. The van der Waals surface area contributed by atoms with Gasteiger partial charge in [-0.25, -0.2) is 0 Å². The lowest BCUT2D eigenvalue weighted by atomic mass is 10.1. The van der Waals surface area contributed by atoms with Crippen molar-refractivity contribution in [2.24, 2.45) is 31.1 Å². The van der Waals surface area contributed by atoms with Gasteiger partial charge in [-0.05, 0) is 31.1 Å². The molecule has 1 aromatic rings. The van der Waals surface area contributed by atoms with Crippen LogP contribution in [0.4, 0.5) is 34.1 Å². The van der Waals surface area contributed by atoms with Crippen molar-refractivity contribution in [1.29, 1.82) is 0 Å². The molecule has 1 aromatic carbocycles. The summed E-state index contributed by atoms with van der Waals surface area (Å²) in [6, 6.07) is 0. The molecule has 0 saturated carbocycles. The van der Waals surface area contributed by atoms with E-state index in [0.29, 0.717) is 0 Å². The standard InChI is InChI=1S/C6N6O6/c13-7-1-2(8-14)4(10-16)6(12-18)5(11-17)3(1)9-15. The van der Waals surface area contributed by atoms with Crippen molar-refractivity contribution in [3.05, 3.63) is 29.4 Å². The molecule has 0 N–H and O–H groups in total. The predicted molar refractivity (Wildman–Crippen MR) is 59.2 cm³/mol. The second-order valence-corrected chi connectivity index (χ2v) is 2.64. The molecule has 12 heteroatoms. The third-order valence-corrected chi connectivity index (χ3v) is 1.89. The maximum absolute atomic E-state index is 10.5. The Bertz CT molecular complexity index is 431. The second-order valence-electron chi connectivity index (χ2n) is 2.64. The molecule has 12 nitrogen and oxygen atoms in total. The SMILES string of the molecule is O=Nc1c(N=O)c(N=O)c(N=O)c(N=O)c1N=O. The van der Waals surface area contributed by atoms with Crippen LogP contribution in [0.5, 0.6) is 0 Å². The zero-order chi connectivity index (χ0) is 13.7. The van der Waals surface area contributed by atoms with E-state index in [9.17, 15) is 29.4 Å². The van der Waals surface area contributed by atoms with Gasteiger partial charge in [-0.2, -0.15) is 0 Å². The van der Waals surface area contributed by atoms with Crippen molar-refractivity contribution in [2.45, 2.75) is 0 Å². The van der Waals surface area contributed by atoms with Crippen molar-refractivity contribution >= 4 is 34.1 Å². The molecule has 0 aliphatic rings. The molecule has 0 saturated heterocycles. The average molecular weight is 252 g/mol. The number of nitroso groups, excluding NO2 is 6. The quantitative estimate of drug-likeness (QED) is 0.688. The summed E-state index contributed by atoms with van der Waals surface area (Å²) < 4.78 is 0. The molecule has 0 unspecified atom stereocenters. The molecule has 0 amide bonds. The average Bonchev–Trinajstić information content (AvgIpc) is 2.43. The van der Waals surface area contributed by atoms with Crippen molar-refractivity contribution in [1.82, 2.24) is 0 Å². The van der Waals surface area contributed by atoms with Gasteiger partial charge in [0.25, 0.3) is 0 Å². The van der Waals surface area contributed by atoms with Gasteiger partial charge in [-0.1, -0.05) is 0 Å². The van der Waals surface area contributed by atoms with Crippen LogP contribution in [-0.2, 0) is 0 Å². The van der Waals surface area contributed by atoms with Crippen LogP contribution in [-0.4, -0.2) is 0 Å². The van der Waals surface area contributed by atoms with Gasteiger partial charge < -0.3 is 0 Å². The minimum absolute atomic E-state index is 1.02. The van der Waals surface area contributed by atoms with Crippen molar-refractivity contribution in [3.8, 4) is 0 Å². The summed E-state index contributed by atoms with van der Waals surface area (Å²) >= 11 is 0. The smallest absolute Gasteiger partial charge is 0.145 e. The predicted octanol–water partition coefficient (Wildman–Crippen LogP) is 4.07. The molecule has 0 aromatic heterocycles. The number of rotatable bonds is 6. The summed E-state index contributed by atoms with van der Waals surface area (Å²) in [6.07, 6.45) is 0. The van der Waals surface area contributed by atoms with Crippen molar-refractivity contribution in [3.63, 3.8) is 0 Å². The van der Waals surface area contributed by atoms with E-state index >= 15 is 0 Å². The summed E-state index contributed by atoms with van der Waals surface area (Å²) in [4.78, 5) is 62.7. The largest absolute Gasteiger partial charge is 0.171 e. The highest BCUT2D eigenvalue weighted by Gasteiger charge is 2.29. The summed E-state index contributed by atoms with van der Waals surface area (Å²) in [5, 5.41) is 13.4. The van der Waals surface area contributed by atoms with Gasteiger partial charge in [0.1, 0.15) is 0 Å². The summed E-state index contributed by atoms with van der Waals surface area (Å²) in [7, 11) is 0. The van der Waals surface area contributed by atoms with E-state index in [1.807, 2.05) is 0 Å². The van der Waals surface area contributed by atoms with Crippen LogP contribution < -0.4 is 0 Å². The first kappa shape index (κ1) is 12.9. The van der Waals surface area contributed by atoms with Crippen LogP contribution in [0.3, 0.4) is 0 Å².